The van der Waals surface area contributed by atoms with E-state index in [4.69, 9.17) is 4.74 Å². The van der Waals surface area contributed by atoms with E-state index in [1.807, 2.05) is 42.5 Å². The number of likely N-dealkylation sites (N-methyl/N-ethyl adjacent to an activating group) is 1. The van der Waals surface area contributed by atoms with E-state index in [0.717, 1.165) is 50.5 Å². The SMILES string of the molecule is CCN(CC)CCNCc1ccccc1OCC(=O)NCCc1ccccc1.Cl.Cl. The second kappa shape index (κ2) is 16.9. The molecule has 0 bridgehead atoms. The van der Waals surface area contributed by atoms with E-state index in [2.05, 4.69) is 41.5 Å². The first kappa shape index (κ1) is 28.2. The average Bonchev–Trinajstić information content (AvgIpc) is 2.74. The van der Waals surface area contributed by atoms with Gasteiger partial charge in [-0.15, -0.1) is 24.8 Å². The molecule has 0 aromatic heterocycles. The number of nitrogens with one attached hydrogen (secondary N) is 2. The Morgan fingerprint density at radius 1 is 0.933 bits per heavy atom. The van der Waals surface area contributed by atoms with Crippen LogP contribution in [0.25, 0.3) is 0 Å². The molecular formula is C23H35Cl2N3O2. The summed E-state index contributed by atoms with van der Waals surface area (Å²) in [4.78, 5) is 14.4. The molecule has 0 spiro atoms. The molecule has 0 saturated heterocycles. The fraction of sp³-hybridized carbons (Fsp3) is 0.435. The van der Waals surface area contributed by atoms with E-state index in [-0.39, 0.29) is 37.3 Å². The minimum atomic E-state index is -0.0970. The lowest BCUT2D eigenvalue weighted by Gasteiger charge is -2.18. The Bertz CT molecular complexity index is 698. The molecule has 30 heavy (non-hydrogen) atoms. The van der Waals surface area contributed by atoms with Crippen molar-refractivity contribution in [3.8, 4) is 5.75 Å². The Hall–Kier alpha value is -1.79. The van der Waals surface area contributed by atoms with Crippen LogP contribution in [-0.4, -0.2) is 50.1 Å². The van der Waals surface area contributed by atoms with Gasteiger partial charge in [0, 0.05) is 31.7 Å². The second-order valence-corrected chi connectivity index (χ2v) is 6.69. The molecular weight excluding hydrogens is 421 g/mol. The lowest BCUT2D eigenvalue weighted by molar-refractivity contribution is -0.123. The highest BCUT2D eigenvalue weighted by Crippen LogP contribution is 2.17. The number of amides is 1. The number of nitrogens with zero attached hydrogens (tertiary/aromatic N) is 1. The summed E-state index contributed by atoms with van der Waals surface area (Å²) in [5.74, 6) is 0.663. The number of rotatable bonds is 13. The summed E-state index contributed by atoms with van der Waals surface area (Å²) in [7, 11) is 0. The lowest BCUT2D eigenvalue weighted by atomic mass is 10.1. The van der Waals surface area contributed by atoms with Gasteiger partial charge in [-0.3, -0.25) is 4.79 Å². The summed E-state index contributed by atoms with van der Waals surface area (Å²) < 4.78 is 5.76. The van der Waals surface area contributed by atoms with E-state index in [1.165, 1.54) is 5.56 Å². The Kier molecular flexibility index (Phi) is 15.9. The number of carbonyl (C=O) groups excluding carboxylic acids is 1. The first-order valence-electron chi connectivity index (χ1n) is 10.2. The number of para-hydroxylation sites is 1. The average molecular weight is 456 g/mol. The normalized spacial score (nSPS) is 10.1. The van der Waals surface area contributed by atoms with Crippen LogP contribution in [0.2, 0.25) is 0 Å². The first-order valence-corrected chi connectivity index (χ1v) is 10.2. The van der Waals surface area contributed by atoms with Crippen molar-refractivity contribution in [2.45, 2.75) is 26.8 Å². The second-order valence-electron chi connectivity index (χ2n) is 6.69. The lowest BCUT2D eigenvalue weighted by Crippen LogP contribution is -2.32. The third-order valence-corrected chi connectivity index (χ3v) is 4.72. The molecule has 0 unspecified atom stereocenters. The topological polar surface area (TPSA) is 53.6 Å². The fourth-order valence-electron chi connectivity index (χ4n) is 2.98. The van der Waals surface area contributed by atoms with Crippen LogP contribution in [-0.2, 0) is 17.8 Å². The molecule has 0 aliphatic carbocycles. The maximum absolute atomic E-state index is 12.1. The van der Waals surface area contributed by atoms with Gasteiger partial charge in [-0.25, -0.2) is 0 Å². The molecule has 2 rings (SSSR count). The van der Waals surface area contributed by atoms with E-state index >= 15 is 0 Å². The predicted octanol–water partition coefficient (Wildman–Crippen LogP) is 3.70. The van der Waals surface area contributed by atoms with Crippen LogP contribution < -0.4 is 15.4 Å². The van der Waals surface area contributed by atoms with Crippen LogP contribution in [0.3, 0.4) is 0 Å². The predicted molar refractivity (Wildman–Crippen MR) is 129 cm³/mol. The smallest absolute Gasteiger partial charge is 0.257 e. The van der Waals surface area contributed by atoms with Crippen LogP contribution in [0.1, 0.15) is 25.0 Å². The van der Waals surface area contributed by atoms with Crippen LogP contribution in [0, 0.1) is 0 Å². The van der Waals surface area contributed by atoms with Gasteiger partial charge in [-0.05, 0) is 31.1 Å². The van der Waals surface area contributed by atoms with Gasteiger partial charge in [-0.1, -0.05) is 62.4 Å². The van der Waals surface area contributed by atoms with Crippen molar-refractivity contribution < 1.29 is 9.53 Å². The van der Waals surface area contributed by atoms with Crippen molar-refractivity contribution in [2.75, 3.05) is 39.3 Å². The first-order chi connectivity index (χ1) is 13.7. The van der Waals surface area contributed by atoms with E-state index in [9.17, 15) is 4.79 Å². The molecule has 168 valence electrons. The van der Waals surface area contributed by atoms with Crippen LogP contribution in [0.5, 0.6) is 5.75 Å². The van der Waals surface area contributed by atoms with E-state index in [1.54, 1.807) is 0 Å². The molecule has 5 nitrogen and oxygen atoms in total. The Labute approximate surface area is 193 Å². The van der Waals surface area contributed by atoms with Crippen LogP contribution >= 0.6 is 24.8 Å². The van der Waals surface area contributed by atoms with Crippen LogP contribution in [0.4, 0.5) is 0 Å². The van der Waals surface area contributed by atoms with Gasteiger partial charge in [0.25, 0.3) is 5.91 Å². The van der Waals surface area contributed by atoms with E-state index in [0.29, 0.717) is 6.54 Å². The molecule has 2 aromatic rings. The molecule has 0 aliphatic rings. The van der Waals surface area contributed by atoms with Gasteiger partial charge >= 0.3 is 0 Å². The number of hydrogen-bond donors (Lipinski definition) is 2. The highest BCUT2D eigenvalue weighted by molar-refractivity contribution is 5.85. The maximum Gasteiger partial charge on any atom is 0.257 e. The monoisotopic (exact) mass is 455 g/mol. The summed E-state index contributed by atoms with van der Waals surface area (Å²) in [6.07, 6.45) is 0.819. The van der Waals surface area contributed by atoms with Crippen molar-refractivity contribution in [2.24, 2.45) is 0 Å². The van der Waals surface area contributed by atoms with Crippen molar-refractivity contribution in [3.63, 3.8) is 0 Å². The highest BCUT2D eigenvalue weighted by Gasteiger charge is 2.07. The van der Waals surface area contributed by atoms with Crippen LogP contribution in [0.15, 0.2) is 54.6 Å². The summed E-state index contributed by atoms with van der Waals surface area (Å²) in [6, 6.07) is 18.0. The molecule has 1 amide bonds. The summed E-state index contributed by atoms with van der Waals surface area (Å²) >= 11 is 0. The van der Waals surface area contributed by atoms with Crippen molar-refractivity contribution in [3.05, 3.63) is 65.7 Å². The molecule has 2 N–H and O–H groups in total. The third kappa shape index (κ3) is 10.8. The minimum Gasteiger partial charge on any atom is -0.483 e. The van der Waals surface area contributed by atoms with Gasteiger partial charge in [-0.2, -0.15) is 0 Å². The Balaban J connectivity index is 0.00000420. The number of halogens is 2. The molecule has 0 aliphatic heterocycles. The zero-order valence-electron chi connectivity index (χ0n) is 17.9. The van der Waals surface area contributed by atoms with Crippen molar-refractivity contribution >= 4 is 30.7 Å². The fourth-order valence-corrected chi connectivity index (χ4v) is 2.98. The van der Waals surface area contributed by atoms with Crippen molar-refractivity contribution in [1.29, 1.82) is 0 Å². The highest BCUT2D eigenvalue weighted by atomic mass is 35.5. The largest absolute Gasteiger partial charge is 0.483 e. The Morgan fingerprint density at radius 2 is 1.60 bits per heavy atom. The molecule has 0 radical (unpaired) electrons. The summed E-state index contributed by atoms with van der Waals surface area (Å²) in [6.45, 7) is 9.82. The molecule has 0 atom stereocenters. The maximum atomic E-state index is 12.1. The number of hydrogen-bond acceptors (Lipinski definition) is 4. The van der Waals surface area contributed by atoms with Gasteiger partial charge in [0.1, 0.15) is 5.75 Å². The summed E-state index contributed by atoms with van der Waals surface area (Å²) in [5, 5.41) is 6.37. The molecule has 2 aromatic carbocycles. The van der Waals surface area contributed by atoms with E-state index < -0.39 is 0 Å². The quantitative estimate of drug-likeness (QED) is 0.452. The number of benzene rings is 2. The zero-order valence-corrected chi connectivity index (χ0v) is 19.6. The molecule has 0 heterocycles. The van der Waals surface area contributed by atoms with Gasteiger partial charge < -0.3 is 20.3 Å². The minimum absolute atomic E-state index is 0. The number of ether oxygens (including phenoxy) is 1. The standard InChI is InChI=1S/C23H33N3O2.2ClH/c1-3-26(4-2)17-16-24-18-21-12-8-9-13-22(21)28-19-23(27)25-15-14-20-10-6-5-7-11-20;;/h5-13,24H,3-4,14-19H2,1-2H3,(H,25,27);2*1H. The van der Waals surface area contributed by atoms with Gasteiger partial charge in [0.2, 0.25) is 0 Å². The molecule has 0 saturated carbocycles. The molecule has 0 fully saturated rings. The molecule has 7 heteroatoms. The summed E-state index contributed by atoms with van der Waals surface area (Å²) in [5.41, 5.74) is 2.28. The number of carbonyl (C=O) groups is 1. The zero-order chi connectivity index (χ0) is 20.0. The third-order valence-electron chi connectivity index (χ3n) is 4.72. The Morgan fingerprint density at radius 3 is 2.30 bits per heavy atom. The van der Waals surface area contributed by atoms with Gasteiger partial charge in [0.15, 0.2) is 6.61 Å². The van der Waals surface area contributed by atoms with Crippen molar-refractivity contribution in [1.82, 2.24) is 15.5 Å². The van der Waals surface area contributed by atoms with Gasteiger partial charge in [0.05, 0.1) is 0 Å².